The summed E-state index contributed by atoms with van der Waals surface area (Å²) in [7, 11) is 2.09. The minimum Gasteiger partial charge on any atom is -0.403 e. The smallest absolute Gasteiger partial charge is 0.0594 e. The molecule has 2 nitrogen and oxygen atoms in total. The molecule has 0 spiro atoms. The summed E-state index contributed by atoms with van der Waals surface area (Å²) in [6.45, 7) is 7.60. The third kappa shape index (κ3) is 3.81. The Labute approximate surface area is 105 Å². The zero-order valence-electron chi connectivity index (χ0n) is 11.4. The Morgan fingerprint density at radius 3 is 2.29 bits per heavy atom. The van der Waals surface area contributed by atoms with Gasteiger partial charge in [0.15, 0.2) is 0 Å². The van der Waals surface area contributed by atoms with Gasteiger partial charge < -0.3 is 10.6 Å². The summed E-state index contributed by atoms with van der Waals surface area (Å²) >= 11 is 0. The summed E-state index contributed by atoms with van der Waals surface area (Å²) in [6.07, 6.45) is 2.77. The molecule has 0 radical (unpaired) electrons. The fourth-order valence-corrected chi connectivity index (χ4v) is 2.00. The van der Waals surface area contributed by atoms with Crippen LogP contribution in [0.2, 0.25) is 0 Å². The molecule has 0 heterocycles. The van der Waals surface area contributed by atoms with E-state index >= 15 is 0 Å². The monoisotopic (exact) mass is 232 g/mol. The van der Waals surface area contributed by atoms with Gasteiger partial charge in [0, 0.05) is 19.8 Å². The van der Waals surface area contributed by atoms with E-state index in [1.807, 2.05) is 0 Å². The Hall–Kier alpha value is -1.44. The number of hydrogen-bond donors (Lipinski definition) is 1. The highest BCUT2D eigenvalue weighted by atomic mass is 15.1. The van der Waals surface area contributed by atoms with Crippen molar-refractivity contribution in [3.05, 3.63) is 41.6 Å². The van der Waals surface area contributed by atoms with E-state index < -0.39 is 0 Å². The minimum atomic E-state index is 0.630. The van der Waals surface area contributed by atoms with Gasteiger partial charge in [-0.1, -0.05) is 45.0 Å². The van der Waals surface area contributed by atoms with Crippen LogP contribution in [0.15, 0.2) is 30.5 Å². The molecule has 0 atom stereocenters. The van der Waals surface area contributed by atoms with Gasteiger partial charge in [0.05, 0.1) is 5.70 Å². The number of nitrogens with two attached hydrogens (primary N) is 1. The quantitative estimate of drug-likeness (QED) is 0.845. The van der Waals surface area contributed by atoms with Crippen LogP contribution in [0.3, 0.4) is 0 Å². The molecule has 0 aromatic heterocycles. The van der Waals surface area contributed by atoms with Crippen LogP contribution in [-0.4, -0.2) is 18.5 Å². The lowest BCUT2D eigenvalue weighted by Crippen LogP contribution is -2.22. The number of rotatable bonds is 5. The van der Waals surface area contributed by atoms with E-state index in [1.54, 1.807) is 6.20 Å². The van der Waals surface area contributed by atoms with Gasteiger partial charge in [0.1, 0.15) is 0 Å². The van der Waals surface area contributed by atoms with Crippen LogP contribution in [0.5, 0.6) is 0 Å². The molecule has 0 amide bonds. The van der Waals surface area contributed by atoms with E-state index in [-0.39, 0.29) is 0 Å². The summed E-state index contributed by atoms with van der Waals surface area (Å²) < 4.78 is 0. The Bertz CT molecular complexity index is 363. The van der Waals surface area contributed by atoms with Crippen molar-refractivity contribution in [3.8, 4) is 0 Å². The van der Waals surface area contributed by atoms with Gasteiger partial charge >= 0.3 is 0 Å². The molecule has 0 bridgehead atoms. The Morgan fingerprint density at radius 2 is 1.88 bits per heavy atom. The van der Waals surface area contributed by atoms with Crippen LogP contribution in [0, 0.1) is 5.92 Å². The second kappa shape index (κ2) is 6.33. The largest absolute Gasteiger partial charge is 0.403 e. The highest BCUT2D eigenvalue weighted by Gasteiger charge is 2.08. The van der Waals surface area contributed by atoms with Crippen LogP contribution in [-0.2, 0) is 6.42 Å². The lowest BCUT2D eigenvalue weighted by atomic mass is 10.1. The first kappa shape index (κ1) is 13.6. The molecule has 0 aliphatic carbocycles. The van der Waals surface area contributed by atoms with Crippen LogP contribution >= 0.6 is 0 Å². The first-order chi connectivity index (χ1) is 8.08. The SMILES string of the molecule is CCc1ccc(/C(=C/N)N(C)CC(C)C)cc1. The molecule has 0 aliphatic heterocycles. The molecule has 2 heteroatoms. The van der Waals surface area contributed by atoms with E-state index in [0.29, 0.717) is 5.92 Å². The van der Waals surface area contributed by atoms with Crippen molar-refractivity contribution in [1.29, 1.82) is 0 Å². The van der Waals surface area contributed by atoms with Crippen LogP contribution in [0.4, 0.5) is 0 Å². The maximum Gasteiger partial charge on any atom is 0.0594 e. The molecule has 2 N–H and O–H groups in total. The molecule has 0 unspecified atom stereocenters. The van der Waals surface area contributed by atoms with Gasteiger partial charge in [-0.25, -0.2) is 0 Å². The standard InChI is InChI=1S/C15H24N2/c1-5-13-6-8-14(9-7-13)15(10-16)17(4)11-12(2)3/h6-10,12H,5,11,16H2,1-4H3/b15-10-. The van der Waals surface area contributed by atoms with E-state index in [1.165, 1.54) is 11.1 Å². The fraction of sp³-hybridized carbons (Fsp3) is 0.467. The third-order valence-corrected chi connectivity index (χ3v) is 2.87. The summed E-state index contributed by atoms with van der Waals surface area (Å²) in [5, 5.41) is 0. The predicted octanol–water partition coefficient (Wildman–Crippen LogP) is 3.09. The van der Waals surface area contributed by atoms with Crippen molar-refractivity contribution in [1.82, 2.24) is 4.90 Å². The first-order valence-electron chi connectivity index (χ1n) is 6.30. The lowest BCUT2D eigenvalue weighted by Gasteiger charge is -2.24. The van der Waals surface area contributed by atoms with E-state index in [2.05, 4.69) is 57.0 Å². The molecule has 0 saturated heterocycles. The summed E-state index contributed by atoms with van der Waals surface area (Å²) in [5.74, 6) is 0.630. The molecule has 0 saturated carbocycles. The fourth-order valence-electron chi connectivity index (χ4n) is 2.00. The van der Waals surface area contributed by atoms with Crippen molar-refractivity contribution in [2.75, 3.05) is 13.6 Å². The molecule has 1 rings (SSSR count). The van der Waals surface area contributed by atoms with E-state index in [4.69, 9.17) is 5.73 Å². The topological polar surface area (TPSA) is 29.3 Å². The van der Waals surface area contributed by atoms with Crippen molar-refractivity contribution in [2.24, 2.45) is 11.7 Å². The van der Waals surface area contributed by atoms with Crippen molar-refractivity contribution < 1.29 is 0 Å². The molecule has 1 aromatic carbocycles. The summed E-state index contributed by atoms with van der Waals surface area (Å²) in [6, 6.07) is 8.63. The third-order valence-electron chi connectivity index (χ3n) is 2.87. The van der Waals surface area contributed by atoms with Gasteiger partial charge in [-0.05, 0) is 23.5 Å². The summed E-state index contributed by atoms with van der Waals surface area (Å²) in [5.41, 5.74) is 9.39. The molecule has 94 valence electrons. The maximum atomic E-state index is 5.75. The van der Waals surface area contributed by atoms with Gasteiger partial charge in [0.25, 0.3) is 0 Å². The van der Waals surface area contributed by atoms with Crippen molar-refractivity contribution >= 4 is 5.70 Å². The molecule has 17 heavy (non-hydrogen) atoms. The van der Waals surface area contributed by atoms with E-state index in [9.17, 15) is 0 Å². The van der Waals surface area contributed by atoms with Gasteiger partial charge in [-0.15, -0.1) is 0 Å². The zero-order valence-corrected chi connectivity index (χ0v) is 11.4. The predicted molar refractivity (Wildman–Crippen MR) is 75.5 cm³/mol. The highest BCUT2D eigenvalue weighted by molar-refractivity contribution is 5.63. The van der Waals surface area contributed by atoms with Gasteiger partial charge in [-0.3, -0.25) is 0 Å². The zero-order chi connectivity index (χ0) is 12.8. The molecular weight excluding hydrogens is 208 g/mol. The van der Waals surface area contributed by atoms with Gasteiger partial charge in [0.2, 0.25) is 0 Å². The Balaban J connectivity index is 2.86. The average molecular weight is 232 g/mol. The number of hydrogen-bond acceptors (Lipinski definition) is 2. The number of aryl methyl sites for hydroxylation is 1. The van der Waals surface area contributed by atoms with E-state index in [0.717, 1.165) is 18.7 Å². The van der Waals surface area contributed by atoms with Crippen LogP contribution in [0.25, 0.3) is 5.70 Å². The van der Waals surface area contributed by atoms with Crippen LogP contribution in [0.1, 0.15) is 31.9 Å². The minimum absolute atomic E-state index is 0.630. The molecular formula is C15H24N2. The van der Waals surface area contributed by atoms with Crippen molar-refractivity contribution in [2.45, 2.75) is 27.2 Å². The number of benzene rings is 1. The molecule has 1 aromatic rings. The Morgan fingerprint density at radius 1 is 1.29 bits per heavy atom. The highest BCUT2D eigenvalue weighted by Crippen LogP contribution is 2.18. The second-order valence-electron chi connectivity index (χ2n) is 4.88. The average Bonchev–Trinajstić information content (AvgIpc) is 2.30. The number of nitrogens with zero attached hydrogens (tertiary/aromatic N) is 1. The normalized spacial score (nSPS) is 11.9. The second-order valence-corrected chi connectivity index (χ2v) is 4.88. The Kier molecular flexibility index (Phi) is 5.08. The summed E-state index contributed by atoms with van der Waals surface area (Å²) in [4.78, 5) is 2.21. The molecule has 0 fully saturated rings. The maximum absolute atomic E-state index is 5.75. The lowest BCUT2D eigenvalue weighted by molar-refractivity contribution is 0.407. The first-order valence-corrected chi connectivity index (χ1v) is 6.30. The molecule has 0 aliphatic rings. The van der Waals surface area contributed by atoms with Gasteiger partial charge in [-0.2, -0.15) is 0 Å². The van der Waals surface area contributed by atoms with Crippen molar-refractivity contribution in [3.63, 3.8) is 0 Å². The van der Waals surface area contributed by atoms with Crippen LogP contribution < -0.4 is 5.73 Å².